The Morgan fingerprint density at radius 3 is 2.59 bits per heavy atom. The number of esters is 1. The Hall–Kier alpha value is -3.33. The number of alkyl halides is 3. The number of nitriles is 1. The van der Waals surface area contributed by atoms with Crippen molar-refractivity contribution in [1.29, 1.82) is 5.26 Å². The van der Waals surface area contributed by atoms with Crippen LogP contribution in [0.1, 0.15) is 32.0 Å². The van der Waals surface area contributed by atoms with Gasteiger partial charge in [0.25, 0.3) is 5.91 Å². The second-order valence-electron chi connectivity index (χ2n) is 6.54. The Bertz CT molecular complexity index is 903. The van der Waals surface area contributed by atoms with Gasteiger partial charge in [-0.1, -0.05) is 0 Å². The van der Waals surface area contributed by atoms with Gasteiger partial charge in [-0.25, -0.2) is 9.78 Å². The van der Waals surface area contributed by atoms with E-state index in [1.165, 1.54) is 12.3 Å². The van der Waals surface area contributed by atoms with Crippen LogP contribution in [0.3, 0.4) is 0 Å². The molecule has 9 nitrogen and oxygen atoms in total. The first-order valence-corrected chi connectivity index (χ1v) is 8.00. The van der Waals surface area contributed by atoms with E-state index in [4.69, 9.17) is 19.5 Å². The van der Waals surface area contributed by atoms with Gasteiger partial charge in [0.2, 0.25) is 11.4 Å². The molecule has 1 atom stereocenters. The van der Waals surface area contributed by atoms with Gasteiger partial charge < -0.3 is 24.6 Å². The molecule has 0 bridgehead atoms. The van der Waals surface area contributed by atoms with Gasteiger partial charge in [0.05, 0.1) is 17.4 Å². The van der Waals surface area contributed by atoms with Crippen LogP contribution in [0.2, 0.25) is 0 Å². The SMILES string of the molecule is CC1(C)OC=C(COC(=O)C(C)(O)C(=O)Nc2cnc(C#N)c(C(F)(F)F)c2)O1. The highest BCUT2D eigenvalue weighted by Crippen LogP contribution is 2.32. The maximum atomic E-state index is 13.0. The van der Waals surface area contributed by atoms with Crippen molar-refractivity contribution < 1.29 is 42.1 Å². The number of hydrogen-bond donors (Lipinski definition) is 2. The Kier molecular flexibility index (Phi) is 5.75. The molecule has 0 aromatic carbocycles. The van der Waals surface area contributed by atoms with Crippen molar-refractivity contribution in [3.63, 3.8) is 0 Å². The quantitative estimate of drug-likeness (QED) is 0.550. The van der Waals surface area contributed by atoms with Gasteiger partial charge in [-0.2, -0.15) is 18.4 Å². The van der Waals surface area contributed by atoms with Gasteiger partial charge in [0, 0.05) is 13.8 Å². The second-order valence-corrected chi connectivity index (χ2v) is 6.54. The minimum Gasteiger partial charge on any atom is -0.457 e. The lowest BCUT2D eigenvalue weighted by atomic mass is 10.1. The van der Waals surface area contributed by atoms with E-state index < -0.39 is 53.0 Å². The van der Waals surface area contributed by atoms with E-state index in [1.807, 2.05) is 5.32 Å². The maximum Gasteiger partial charge on any atom is 0.419 e. The highest BCUT2D eigenvalue weighted by Gasteiger charge is 2.42. The van der Waals surface area contributed by atoms with Crippen LogP contribution in [0, 0.1) is 11.3 Å². The summed E-state index contributed by atoms with van der Waals surface area (Å²) in [4.78, 5) is 27.5. The van der Waals surface area contributed by atoms with Crippen molar-refractivity contribution in [3.8, 4) is 6.07 Å². The fourth-order valence-electron chi connectivity index (χ4n) is 2.10. The van der Waals surface area contributed by atoms with Gasteiger partial charge in [0.1, 0.15) is 12.3 Å². The molecule has 0 saturated carbocycles. The molecule has 0 spiro atoms. The van der Waals surface area contributed by atoms with Gasteiger partial charge in [-0.3, -0.25) is 4.79 Å². The largest absolute Gasteiger partial charge is 0.457 e. The lowest BCUT2D eigenvalue weighted by Crippen LogP contribution is -2.48. The topological polar surface area (TPSA) is 131 Å². The Morgan fingerprint density at radius 1 is 1.41 bits per heavy atom. The molecule has 0 fully saturated rings. The first-order chi connectivity index (χ1) is 13.3. The predicted molar refractivity (Wildman–Crippen MR) is 88.5 cm³/mol. The van der Waals surface area contributed by atoms with E-state index in [-0.39, 0.29) is 5.76 Å². The molecule has 1 aromatic rings. The lowest BCUT2D eigenvalue weighted by Gasteiger charge is -2.21. The summed E-state index contributed by atoms with van der Waals surface area (Å²) in [6, 6.07) is 1.75. The lowest BCUT2D eigenvalue weighted by molar-refractivity contribution is -0.169. The number of aromatic nitrogens is 1. The molecule has 0 aliphatic carbocycles. The van der Waals surface area contributed by atoms with E-state index in [2.05, 4.69) is 4.98 Å². The average molecular weight is 415 g/mol. The van der Waals surface area contributed by atoms with Crippen LogP contribution in [0.5, 0.6) is 0 Å². The monoisotopic (exact) mass is 415 g/mol. The molecular weight excluding hydrogens is 399 g/mol. The van der Waals surface area contributed by atoms with Crippen LogP contribution < -0.4 is 5.32 Å². The summed E-state index contributed by atoms with van der Waals surface area (Å²) in [5.41, 5.74) is -5.49. The van der Waals surface area contributed by atoms with Crippen molar-refractivity contribution in [2.45, 2.75) is 38.3 Å². The van der Waals surface area contributed by atoms with Crippen molar-refractivity contribution in [2.24, 2.45) is 0 Å². The third-order valence-electron chi connectivity index (χ3n) is 3.59. The predicted octanol–water partition coefficient (Wildman–Crippen LogP) is 1.83. The molecule has 1 aromatic heterocycles. The fourth-order valence-corrected chi connectivity index (χ4v) is 2.10. The van der Waals surface area contributed by atoms with Crippen LogP contribution in [-0.2, 0) is 30.0 Å². The first kappa shape index (κ1) is 22.0. The fraction of sp³-hybridized carbons (Fsp3) is 0.412. The molecule has 12 heteroatoms. The summed E-state index contributed by atoms with van der Waals surface area (Å²) in [6.45, 7) is 3.56. The minimum atomic E-state index is -4.90. The number of pyridine rings is 1. The van der Waals surface area contributed by atoms with Crippen molar-refractivity contribution in [3.05, 3.63) is 35.5 Å². The van der Waals surface area contributed by atoms with Gasteiger partial charge in [0.15, 0.2) is 18.1 Å². The average Bonchev–Trinajstić information content (AvgIpc) is 2.97. The molecule has 156 valence electrons. The number of nitrogens with zero attached hydrogens (tertiary/aromatic N) is 2. The number of halogens is 3. The third-order valence-corrected chi connectivity index (χ3v) is 3.59. The number of rotatable bonds is 5. The normalized spacial score (nSPS) is 17.1. The van der Waals surface area contributed by atoms with Gasteiger partial charge >= 0.3 is 12.1 Å². The van der Waals surface area contributed by atoms with Crippen LogP contribution in [0.4, 0.5) is 18.9 Å². The number of amides is 1. The van der Waals surface area contributed by atoms with E-state index in [0.717, 1.165) is 13.1 Å². The van der Waals surface area contributed by atoms with Crippen LogP contribution in [-0.4, -0.2) is 40.0 Å². The number of carbonyl (C=O) groups excluding carboxylic acids is 2. The summed E-state index contributed by atoms with van der Waals surface area (Å²) >= 11 is 0. The molecule has 1 aliphatic rings. The second kappa shape index (κ2) is 7.59. The van der Waals surface area contributed by atoms with Gasteiger partial charge in [-0.05, 0) is 13.0 Å². The third kappa shape index (κ3) is 5.14. The van der Waals surface area contributed by atoms with E-state index in [9.17, 15) is 27.9 Å². The Labute approximate surface area is 162 Å². The minimum absolute atomic E-state index is 0.130. The van der Waals surface area contributed by atoms with Crippen LogP contribution in [0.25, 0.3) is 0 Å². The molecule has 0 saturated heterocycles. The Balaban J connectivity index is 2.07. The van der Waals surface area contributed by atoms with Crippen molar-refractivity contribution >= 4 is 17.6 Å². The number of nitrogens with one attached hydrogen (secondary N) is 1. The molecule has 1 unspecified atom stereocenters. The molecule has 0 radical (unpaired) electrons. The number of hydrogen-bond acceptors (Lipinski definition) is 8. The number of aliphatic hydroxyl groups is 1. The number of carbonyl (C=O) groups is 2. The van der Waals surface area contributed by atoms with Crippen molar-refractivity contribution in [2.75, 3.05) is 11.9 Å². The van der Waals surface area contributed by atoms with E-state index in [0.29, 0.717) is 6.07 Å². The summed E-state index contributed by atoms with van der Waals surface area (Å²) in [6.07, 6.45) is -2.92. The maximum absolute atomic E-state index is 13.0. The van der Waals surface area contributed by atoms with Crippen molar-refractivity contribution in [1.82, 2.24) is 4.98 Å². The highest BCUT2D eigenvalue weighted by atomic mass is 19.4. The highest BCUT2D eigenvalue weighted by molar-refractivity contribution is 6.11. The molecule has 2 rings (SSSR count). The standard InChI is InChI=1S/C17H16F3N3O6/c1-15(2)28-8-10(29-15)7-27-14(25)16(3,26)13(24)23-9-4-11(17(18,19)20)12(5-21)22-6-9/h4,6,8,26H,7H2,1-3H3,(H,23,24). The van der Waals surface area contributed by atoms with Gasteiger partial charge in [-0.15, -0.1) is 0 Å². The first-order valence-electron chi connectivity index (χ1n) is 8.00. The molecule has 2 heterocycles. The zero-order chi connectivity index (χ0) is 22.0. The molecular formula is C17H16F3N3O6. The summed E-state index contributed by atoms with van der Waals surface area (Å²) < 4.78 is 54.1. The molecule has 1 aliphatic heterocycles. The molecule has 29 heavy (non-hydrogen) atoms. The summed E-state index contributed by atoms with van der Waals surface area (Å²) in [5, 5.41) is 20.8. The van der Waals surface area contributed by atoms with Crippen LogP contribution >= 0.6 is 0 Å². The smallest absolute Gasteiger partial charge is 0.419 e. The number of anilines is 1. The zero-order valence-electron chi connectivity index (χ0n) is 15.5. The Morgan fingerprint density at radius 2 is 2.07 bits per heavy atom. The van der Waals surface area contributed by atoms with E-state index in [1.54, 1.807) is 13.8 Å². The molecule has 2 N–H and O–H groups in total. The summed E-state index contributed by atoms with van der Waals surface area (Å²) in [7, 11) is 0. The van der Waals surface area contributed by atoms with E-state index >= 15 is 0 Å². The van der Waals surface area contributed by atoms with Crippen LogP contribution in [0.15, 0.2) is 24.3 Å². The number of ether oxygens (including phenoxy) is 3. The molecule has 1 amide bonds. The summed E-state index contributed by atoms with van der Waals surface area (Å²) in [5.74, 6) is -3.56. The zero-order valence-corrected chi connectivity index (χ0v) is 15.5.